The second kappa shape index (κ2) is 7.06. The molecule has 6 nitrogen and oxygen atoms in total. The van der Waals surface area contributed by atoms with Crippen molar-refractivity contribution in [3.8, 4) is 0 Å². The van der Waals surface area contributed by atoms with Crippen molar-refractivity contribution in [2.24, 2.45) is 0 Å². The fraction of sp³-hybridized carbons (Fsp3) is 0.562. The highest BCUT2D eigenvalue weighted by atomic mass is 32.2. The predicted octanol–water partition coefficient (Wildman–Crippen LogP) is 1.51. The zero-order valence-electron chi connectivity index (χ0n) is 14.3. The third kappa shape index (κ3) is 3.87. The van der Waals surface area contributed by atoms with E-state index in [1.54, 1.807) is 33.2 Å². The fourth-order valence-corrected chi connectivity index (χ4v) is 4.10. The Morgan fingerprint density at radius 2 is 1.96 bits per heavy atom. The van der Waals surface area contributed by atoms with Gasteiger partial charge in [0.15, 0.2) is 0 Å². The molecule has 0 radical (unpaired) electrons. The summed E-state index contributed by atoms with van der Waals surface area (Å²) in [4.78, 5) is 14.2. The lowest BCUT2D eigenvalue weighted by Gasteiger charge is -2.42. The topological polar surface area (TPSA) is 69.7 Å². The van der Waals surface area contributed by atoms with Gasteiger partial charge in [-0.15, -0.1) is 0 Å². The summed E-state index contributed by atoms with van der Waals surface area (Å²) in [6, 6.07) is 5.94. The quantitative estimate of drug-likeness (QED) is 0.867. The highest BCUT2D eigenvalue weighted by Crippen LogP contribution is 2.30. The molecular weight excluding hydrogens is 333 g/mol. The molecule has 0 atom stereocenters. The van der Waals surface area contributed by atoms with Crippen LogP contribution in [0.15, 0.2) is 24.3 Å². The Kier molecular flexibility index (Phi) is 5.49. The minimum atomic E-state index is -3.28. The molecule has 0 aliphatic carbocycles. The molecular formula is C16H24FN3O3S. The number of halogens is 1. The van der Waals surface area contributed by atoms with Gasteiger partial charge in [0, 0.05) is 32.9 Å². The number of hydrogen-bond donors (Lipinski definition) is 1. The van der Waals surface area contributed by atoms with E-state index in [2.05, 4.69) is 5.32 Å². The molecule has 24 heavy (non-hydrogen) atoms. The summed E-state index contributed by atoms with van der Waals surface area (Å²) in [5.41, 5.74) is -0.422. The first-order chi connectivity index (χ1) is 11.2. The first kappa shape index (κ1) is 18.7. The molecule has 1 N–H and O–H groups in total. The van der Waals surface area contributed by atoms with Crippen LogP contribution >= 0.6 is 0 Å². The summed E-state index contributed by atoms with van der Waals surface area (Å²) in [5, 5.41) is 3.15. The number of nitrogens with zero attached hydrogens (tertiary/aromatic N) is 2. The van der Waals surface area contributed by atoms with Crippen LogP contribution in [0.2, 0.25) is 0 Å². The third-order valence-electron chi connectivity index (χ3n) is 4.36. The van der Waals surface area contributed by atoms with Gasteiger partial charge < -0.3 is 10.2 Å². The van der Waals surface area contributed by atoms with Crippen LogP contribution in [0.5, 0.6) is 0 Å². The Labute approximate surface area is 142 Å². The zero-order valence-corrected chi connectivity index (χ0v) is 15.1. The highest BCUT2D eigenvalue weighted by Gasteiger charge is 2.44. The van der Waals surface area contributed by atoms with Crippen molar-refractivity contribution in [1.82, 2.24) is 9.21 Å². The molecule has 1 heterocycles. The normalized spacial score (nSPS) is 18.2. The average Bonchev–Trinajstić information content (AvgIpc) is 2.54. The number of carbonyl (C=O) groups is 1. The fourth-order valence-electron chi connectivity index (χ4n) is 2.99. The second-order valence-electron chi connectivity index (χ2n) is 6.22. The molecule has 0 bridgehead atoms. The van der Waals surface area contributed by atoms with E-state index in [1.165, 1.54) is 21.3 Å². The molecule has 0 unspecified atom stereocenters. The molecule has 1 aromatic rings. The summed E-state index contributed by atoms with van der Waals surface area (Å²) in [6.07, 6.45) is 0.666. The number of sulfonamides is 1. The maximum Gasteiger partial charge on any atom is 0.247 e. The number of likely N-dealkylation sites (N-methyl/N-ethyl adjacent to an activating group) is 1. The van der Waals surface area contributed by atoms with E-state index in [0.717, 1.165) is 0 Å². The molecule has 1 aliphatic rings. The van der Waals surface area contributed by atoms with Crippen LogP contribution in [-0.4, -0.2) is 62.0 Å². The summed E-state index contributed by atoms with van der Waals surface area (Å²) in [5.74, 6) is -0.488. The first-order valence-electron chi connectivity index (χ1n) is 7.93. The van der Waals surface area contributed by atoms with E-state index in [1.807, 2.05) is 0 Å². The van der Waals surface area contributed by atoms with Crippen molar-refractivity contribution in [1.29, 1.82) is 0 Å². The number of piperidine rings is 1. The van der Waals surface area contributed by atoms with Crippen molar-refractivity contribution in [3.05, 3.63) is 30.1 Å². The van der Waals surface area contributed by atoms with Gasteiger partial charge in [-0.05, 0) is 38.0 Å². The van der Waals surface area contributed by atoms with Gasteiger partial charge in [-0.3, -0.25) is 4.79 Å². The van der Waals surface area contributed by atoms with E-state index in [9.17, 15) is 17.6 Å². The lowest BCUT2D eigenvalue weighted by Crippen LogP contribution is -2.58. The first-order valence-corrected chi connectivity index (χ1v) is 9.54. The van der Waals surface area contributed by atoms with Gasteiger partial charge in [0.2, 0.25) is 15.9 Å². The smallest absolute Gasteiger partial charge is 0.247 e. The Morgan fingerprint density at radius 3 is 2.46 bits per heavy atom. The predicted molar refractivity (Wildman–Crippen MR) is 91.7 cm³/mol. The summed E-state index contributed by atoms with van der Waals surface area (Å²) in [6.45, 7) is 2.13. The van der Waals surface area contributed by atoms with Crippen LogP contribution in [-0.2, 0) is 14.8 Å². The molecule has 2 rings (SSSR count). The lowest BCUT2D eigenvalue weighted by atomic mass is 9.86. The average molecular weight is 357 g/mol. The Morgan fingerprint density at radius 1 is 1.33 bits per heavy atom. The van der Waals surface area contributed by atoms with Gasteiger partial charge in [0.1, 0.15) is 11.4 Å². The van der Waals surface area contributed by atoms with Gasteiger partial charge in [-0.1, -0.05) is 6.07 Å². The molecule has 1 saturated heterocycles. The molecule has 134 valence electrons. The number of nitrogens with one attached hydrogen (secondary N) is 1. The van der Waals surface area contributed by atoms with Crippen molar-refractivity contribution in [2.75, 3.05) is 38.3 Å². The molecule has 1 amide bonds. The highest BCUT2D eigenvalue weighted by molar-refractivity contribution is 7.89. The van der Waals surface area contributed by atoms with Crippen LogP contribution in [0.4, 0.5) is 10.1 Å². The Bertz CT molecular complexity index is 698. The zero-order chi connectivity index (χ0) is 18.0. The van der Waals surface area contributed by atoms with E-state index in [4.69, 9.17) is 0 Å². The maximum absolute atomic E-state index is 13.4. The van der Waals surface area contributed by atoms with E-state index in [-0.39, 0.29) is 24.7 Å². The third-order valence-corrected chi connectivity index (χ3v) is 6.24. The van der Waals surface area contributed by atoms with Gasteiger partial charge in [0.25, 0.3) is 0 Å². The van der Waals surface area contributed by atoms with Crippen molar-refractivity contribution in [3.63, 3.8) is 0 Å². The summed E-state index contributed by atoms with van der Waals surface area (Å²) < 4.78 is 38.9. The molecule has 1 aliphatic heterocycles. The van der Waals surface area contributed by atoms with Crippen molar-refractivity contribution >= 4 is 21.6 Å². The maximum atomic E-state index is 13.4. The largest absolute Gasteiger partial charge is 0.371 e. The van der Waals surface area contributed by atoms with Crippen LogP contribution in [0.25, 0.3) is 0 Å². The Balaban J connectivity index is 2.26. The Hall–Kier alpha value is -1.67. The van der Waals surface area contributed by atoms with Crippen LogP contribution in [0, 0.1) is 5.82 Å². The van der Waals surface area contributed by atoms with E-state index >= 15 is 0 Å². The molecule has 1 fully saturated rings. The monoisotopic (exact) mass is 357 g/mol. The molecule has 1 aromatic carbocycles. The van der Waals surface area contributed by atoms with Gasteiger partial charge in [0.05, 0.1) is 5.75 Å². The number of amides is 1. The summed E-state index contributed by atoms with van der Waals surface area (Å²) >= 11 is 0. The summed E-state index contributed by atoms with van der Waals surface area (Å²) in [7, 11) is 0.0421. The van der Waals surface area contributed by atoms with Crippen LogP contribution in [0.3, 0.4) is 0 Å². The molecule has 0 aromatic heterocycles. The van der Waals surface area contributed by atoms with Crippen LogP contribution < -0.4 is 5.32 Å². The van der Waals surface area contributed by atoms with Gasteiger partial charge >= 0.3 is 0 Å². The lowest BCUT2D eigenvalue weighted by molar-refractivity contribution is -0.134. The number of benzene rings is 1. The number of hydrogen-bond acceptors (Lipinski definition) is 4. The number of carbonyl (C=O) groups excluding carboxylic acids is 1. The molecule has 8 heteroatoms. The van der Waals surface area contributed by atoms with Gasteiger partial charge in [-0.2, -0.15) is 0 Å². The van der Waals surface area contributed by atoms with E-state index in [0.29, 0.717) is 18.5 Å². The van der Waals surface area contributed by atoms with Gasteiger partial charge in [-0.25, -0.2) is 17.1 Å². The molecule has 0 saturated carbocycles. The minimum Gasteiger partial charge on any atom is -0.371 e. The van der Waals surface area contributed by atoms with E-state index < -0.39 is 21.4 Å². The standard InChI is InChI=1S/C16H24FN3O3S/c1-4-24(22,23)20-10-8-16(9-11-20,15(21)19(2)3)18-14-7-5-6-13(17)12-14/h5-7,12,18H,4,8-11H2,1-3H3. The minimum absolute atomic E-state index is 0.0406. The van der Waals surface area contributed by atoms with Crippen molar-refractivity contribution < 1.29 is 17.6 Å². The van der Waals surface area contributed by atoms with Crippen molar-refractivity contribution in [2.45, 2.75) is 25.3 Å². The SMILES string of the molecule is CCS(=O)(=O)N1CCC(Nc2cccc(F)c2)(C(=O)N(C)C)CC1. The number of rotatable bonds is 5. The molecule has 0 spiro atoms. The van der Waals surface area contributed by atoms with Crippen LogP contribution in [0.1, 0.15) is 19.8 Å². The second-order valence-corrected chi connectivity index (χ2v) is 8.47. The number of anilines is 1.